The highest BCUT2D eigenvalue weighted by molar-refractivity contribution is 5.96. The number of rotatable bonds is 3. The Morgan fingerprint density at radius 1 is 1.29 bits per heavy atom. The average molecular weight is 283 g/mol. The summed E-state index contributed by atoms with van der Waals surface area (Å²) in [5.74, 6) is 0. The second kappa shape index (κ2) is 4.88. The van der Waals surface area contributed by atoms with Crippen molar-refractivity contribution in [3.05, 3.63) is 29.5 Å². The Hall–Kier alpha value is -1.81. The number of nitrogens with one attached hydrogen (secondary N) is 1. The number of anilines is 2. The summed E-state index contributed by atoms with van der Waals surface area (Å²) in [6.07, 6.45) is 3.46. The van der Waals surface area contributed by atoms with Crippen molar-refractivity contribution in [2.45, 2.75) is 31.9 Å². The van der Waals surface area contributed by atoms with Gasteiger partial charge in [0.25, 0.3) is 0 Å². The Labute approximate surface area is 125 Å². The lowest BCUT2D eigenvalue weighted by Gasteiger charge is -2.23. The average Bonchev–Trinajstić information content (AvgIpc) is 3.30. The number of nitrogens with zero attached hydrogens (tertiary/aromatic N) is 2. The van der Waals surface area contributed by atoms with Gasteiger partial charge in [0.05, 0.1) is 30.1 Å². The lowest BCUT2D eigenvalue weighted by Crippen LogP contribution is -2.16. The van der Waals surface area contributed by atoms with Gasteiger partial charge in [-0.05, 0) is 31.0 Å². The molecular weight excluding hydrogens is 262 g/mol. The van der Waals surface area contributed by atoms with Crippen molar-refractivity contribution in [1.82, 2.24) is 4.98 Å². The molecule has 1 aliphatic carbocycles. The van der Waals surface area contributed by atoms with Crippen LogP contribution < -0.4 is 10.2 Å². The van der Waals surface area contributed by atoms with E-state index in [4.69, 9.17) is 9.72 Å². The van der Waals surface area contributed by atoms with Crippen LogP contribution in [-0.2, 0) is 17.8 Å². The summed E-state index contributed by atoms with van der Waals surface area (Å²) >= 11 is 0. The Morgan fingerprint density at radius 3 is 2.90 bits per heavy atom. The molecule has 0 saturated heterocycles. The third-order valence-corrected chi connectivity index (χ3v) is 4.33. The Morgan fingerprint density at radius 2 is 2.14 bits per heavy atom. The molecule has 0 unspecified atom stereocenters. The smallest absolute Gasteiger partial charge is 0.0755 e. The van der Waals surface area contributed by atoms with Crippen LogP contribution in [0.15, 0.2) is 18.2 Å². The summed E-state index contributed by atoms with van der Waals surface area (Å²) in [5, 5.41) is 4.93. The molecule has 1 aliphatic heterocycles. The molecule has 0 bridgehead atoms. The van der Waals surface area contributed by atoms with Gasteiger partial charge in [0.2, 0.25) is 0 Å². The highest BCUT2D eigenvalue weighted by atomic mass is 16.5. The number of benzene rings is 1. The van der Waals surface area contributed by atoms with E-state index in [1.54, 1.807) is 0 Å². The first-order valence-corrected chi connectivity index (χ1v) is 7.69. The molecule has 0 amide bonds. The second-order valence-corrected chi connectivity index (χ2v) is 6.23. The van der Waals surface area contributed by atoms with E-state index in [1.165, 1.54) is 40.9 Å². The lowest BCUT2D eigenvalue weighted by atomic mass is 10.0. The molecule has 2 aromatic rings. The zero-order valence-electron chi connectivity index (χ0n) is 12.6. The highest BCUT2D eigenvalue weighted by Gasteiger charge is 2.26. The van der Waals surface area contributed by atoms with Crippen molar-refractivity contribution in [3.63, 3.8) is 0 Å². The number of ether oxygens (including phenoxy) is 1. The fraction of sp³-hybridized carbons (Fsp3) is 0.471. The maximum Gasteiger partial charge on any atom is 0.0755 e. The molecule has 0 atom stereocenters. The van der Waals surface area contributed by atoms with E-state index < -0.39 is 0 Å². The zero-order chi connectivity index (χ0) is 14.4. The third kappa shape index (κ3) is 2.33. The van der Waals surface area contributed by atoms with Crippen LogP contribution in [-0.4, -0.2) is 31.7 Å². The number of hydrogen-bond acceptors (Lipinski definition) is 4. The molecular formula is C17H21N3O. The fourth-order valence-corrected chi connectivity index (χ4v) is 2.92. The molecule has 0 radical (unpaired) electrons. The topological polar surface area (TPSA) is 37.4 Å². The van der Waals surface area contributed by atoms with E-state index in [-0.39, 0.29) is 0 Å². The van der Waals surface area contributed by atoms with Crippen LogP contribution in [0.4, 0.5) is 11.4 Å². The molecule has 1 fully saturated rings. The molecule has 4 rings (SSSR count). The summed E-state index contributed by atoms with van der Waals surface area (Å²) in [4.78, 5) is 7.00. The summed E-state index contributed by atoms with van der Waals surface area (Å²) in [6, 6.07) is 7.15. The van der Waals surface area contributed by atoms with Crippen LogP contribution in [0.2, 0.25) is 0 Å². The monoisotopic (exact) mass is 283 g/mol. The number of pyridine rings is 1. The molecule has 1 aromatic heterocycles. The molecule has 2 aliphatic rings. The van der Waals surface area contributed by atoms with E-state index >= 15 is 0 Å². The van der Waals surface area contributed by atoms with E-state index in [9.17, 15) is 0 Å². The second-order valence-electron chi connectivity index (χ2n) is 6.23. The van der Waals surface area contributed by atoms with Gasteiger partial charge in [0.15, 0.2) is 0 Å². The van der Waals surface area contributed by atoms with Gasteiger partial charge in [-0.15, -0.1) is 0 Å². The Balaban J connectivity index is 1.93. The maximum atomic E-state index is 5.67. The van der Waals surface area contributed by atoms with Crippen molar-refractivity contribution in [3.8, 4) is 0 Å². The standard InChI is InChI=1S/C17H21N3O/c1-20(2)12-5-6-15-13(9-12)17(18-11-3-4-11)14-10-21-8-7-16(14)19-15/h5-6,9,11H,3-4,7-8,10H2,1-2H3,(H,18,19). The molecule has 1 N–H and O–H groups in total. The Kier molecular flexibility index (Phi) is 3.00. The SMILES string of the molecule is CN(C)c1ccc2nc3c(c(NC4CC4)c2c1)COCC3. The minimum atomic E-state index is 0.629. The van der Waals surface area contributed by atoms with Crippen LogP contribution in [0.1, 0.15) is 24.1 Å². The van der Waals surface area contributed by atoms with Crippen LogP contribution in [0.3, 0.4) is 0 Å². The van der Waals surface area contributed by atoms with E-state index in [0.717, 1.165) is 18.5 Å². The first-order valence-electron chi connectivity index (χ1n) is 7.69. The predicted octanol–water partition coefficient (Wildman–Crippen LogP) is 2.95. The Bertz CT molecular complexity index is 692. The third-order valence-electron chi connectivity index (χ3n) is 4.33. The molecule has 0 spiro atoms. The van der Waals surface area contributed by atoms with Gasteiger partial charge < -0.3 is 15.0 Å². The molecule has 110 valence electrons. The van der Waals surface area contributed by atoms with Gasteiger partial charge in [-0.2, -0.15) is 0 Å². The van der Waals surface area contributed by atoms with Crippen LogP contribution in [0.25, 0.3) is 10.9 Å². The number of aromatic nitrogens is 1. The maximum absolute atomic E-state index is 5.67. The summed E-state index contributed by atoms with van der Waals surface area (Å²) in [6.45, 7) is 1.46. The van der Waals surface area contributed by atoms with Gasteiger partial charge in [0.1, 0.15) is 0 Å². The van der Waals surface area contributed by atoms with Crippen molar-refractivity contribution in [2.75, 3.05) is 30.9 Å². The lowest BCUT2D eigenvalue weighted by molar-refractivity contribution is 0.110. The van der Waals surface area contributed by atoms with Gasteiger partial charge in [-0.1, -0.05) is 0 Å². The predicted molar refractivity (Wildman–Crippen MR) is 86.1 cm³/mol. The molecule has 4 nitrogen and oxygen atoms in total. The highest BCUT2D eigenvalue weighted by Crippen LogP contribution is 2.36. The first kappa shape index (κ1) is 12.9. The quantitative estimate of drug-likeness (QED) is 0.940. The number of fused-ring (bicyclic) bond motifs is 2. The van der Waals surface area contributed by atoms with Crippen molar-refractivity contribution in [2.24, 2.45) is 0 Å². The minimum Gasteiger partial charge on any atom is -0.381 e. The van der Waals surface area contributed by atoms with Crippen molar-refractivity contribution in [1.29, 1.82) is 0 Å². The van der Waals surface area contributed by atoms with Gasteiger partial charge in [0, 0.05) is 43.2 Å². The summed E-state index contributed by atoms with van der Waals surface area (Å²) < 4.78 is 5.67. The van der Waals surface area contributed by atoms with Crippen LogP contribution in [0, 0.1) is 0 Å². The van der Waals surface area contributed by atoms with Gasteiger partial charge in [-0.3, -0.25) is 4.98 Å². The molecule has 4 heteroatoms. The summed E-state index contributed by atoms with van der Waals surface area (Å²) in [7, 11) is 4.15. The van der Waals surface area contributed by atoms with E-state index in [1.807, 2.05) is 0 Å². The molecule has 1 aromatic carbocycles. The molecule has 21 heavy (non-hydrogen) atoms. The van der Waals surface area contributed by atoms with Gasteiger partial charge >= 0.3 is 0 Å². The zero-order valence-corrected chi connectivity index (χ0v) is 12.6. The van der Waals surface area contributed by atoms with Gasteiger partial charge in [-0.25, -0.2) is 0 Å². The summed E-state index contributed by atoms with van der Waals surface area (Å²) in [5.41, 5.74) is 6.01. The molecule has 2 heterocycles. The van der Waals surface area contributed by atoms with Crippen molar-refractivity contribution >= 4 is 22.3 Å². The fourth-order valence-electron chi connectivity index (χ4n) is 2.92. The van der Waals surface area contributed by atoms with E-state index in [0.29, 0.717) is 12.6 Å². The van der Waals surface area contributed by atoms with E-state index in [2.05, 4.69) is 42.5 Å². The van der Waals surface area contributed by atoms with Crippen LogP contribution >= 0.6 is 0 Å². The molecule has 1 saturated carbocycles. The largest absolute Gasteiger partial charge is 0.381 e. The van der Waals surface area contributed by atoms with Crippen LogP contribution in [0.5, 0.6) is 0 Å². The minimum absolute atomic E-state index is 0.629. The first-order chi connectivity index (χ1) is 10.2. The normalized spacial score (nSPS) is 17.6. The van der Waals surface area contributed by atoms with Crippen molar-refractivity contribution < 1.29 is 4.74 Å². The number of hydrogen-bond donors (Lipinski definition) is 1.